The van der Waals surface area contributed by atoms with Crippen LogP contribution in [0.3, 0.4) is 0 Å². The van der Waals surface area contributed by atoms with E-state index in [2.05, 4.69) is 10.6 Å². The van der Waals surface area contributed by atoms with Crippen molar-refractivity contribution in [3.8, 4) is 0 Å². The van der Waals surface area contributed by atoms with Gasteiger partial charge < -0.3 is 15.4 Å². The van der Waals surface area contributed by atoms with E-state index in [0.717, 1.165) is 6.07 Å². The van der Waals surface area contributed by atoms with Crippen LogP contribution in [0.2, 0.25) is 5.02 Å². The predicted molar refractivity (Wildman–Crippen MR) is 101 cm³/mol. The third-order valence-electron chi connectivity index (χ3n) is 3.48. The average molecular weight is 406 g/mol. The van der Waals surface area contributed by atoms with E-state index in [1.54, 1.807) is 18.2 Å². The molecule has 0 saturated heterocycles. The SMILES string of the molecule is C[C@H](OC(=O)CNC(=O)c1cccc([N+](=O)[O-])c1)C(=O)Nc1cccc(Cl)c1. The summed E-state index contributed by atoms with van der Waals surface area (Å²) >= 11 is 5.83. The second kappa shape index (κ2) is 9.47. The highest BCUT2D eigenvalue weighted by Crippen LogP contribution is 2.15. The van der Waals surface area contributed by atoms with Crippen LogP contribution in [0.25, 0.3) is 0 Å². The highest BCUT2D eigenvalue weighted by molar-refractivity contribution is 6.30. The van der Waals surface area contributed by atoms with Crippen molar-refractivity contribution in [2.45, 2.75) is 13.0 Å². The quantitative estimate of drug-likeness (QED) is 0.414. The summed E-state index contributed by atoms with van der Waals surface area (Å²) in [7, 11) is 0. The molecule has 0 heterocycles. The van der Waals surface area contributed by atoms with Crippen LogP contribution >= 0.6 is 11.6 Å². The number of nitrogens with one attached hydrogen (secondary N) is 2. The van der Waals surface area contributed by atoms with Crippen molar-refractivity contribution in [3.05, 3.63) is 69.2 Å². The van der Waals surface area contributed by atoms with Gasteiger partial charge in [0.25, 0.3) is 17.5 Å². The molecule has 2 aromatic rings. The van der Waals surface area contributed by atoms with E-state index in [4.69, 9.17) is 16.3 Å². The van der Waals surface area contributed by atoms with Gasteiger partial charge in [-0.15, -0.1) is 0 Å². The molecule has 0 aromatic heterocycles. The van der Waals surface area contributed by atoms with Crippen molar-refractivity contribution in [1.82, 2.24) is 5.32 Å². The molecule has 0 unspecified atom stereocenters. The van der Waals surface area contributed by atoms with Gasteiger partial charge in [0.15, 0.2) is 6.10 Å². The second-order valence-corrected chi connectivity index (χ2v) is 6.06. The number of nitrogens with zero attached hydrogens (tertiary/aromatic N) is 1. The van der Waals surface area contributed by atoms with Gasteiger partial charge in [-0.05, 0) is 31.2 Å². The van der Waals surface area contributed by atoms with Crippen molar-refractivity contribution in [1.29, 1.82) is 0 Å². The highest BCUT2D eigenvalue weighted by atomic mass is 35.5. The fourth-order valence-electron chi connectivity index (χ4n) is 2.12. The largest absolute Gasteiger partial charge is 0.451 e. The Balaban J connectivity index is 1.84. The molecule has 0 fully saturated rings. The maximum Gasteiger partial charge on any atom is 0.326 e. The first-order valence-electron chi connectivity index (χ1n) is 8.05. The third kappa shape index (κ3) is 6.06. The number of esters is 1. The Kier molecular flexibility index (Phi) is 7.05. The summed E-state index contributed by atoms with van der Waals surface area (Å²) in [6.07, 6.45) is -1.11. The lowest BCUT2D eigenvalue weighted by molar-refractivity contribution is -0.384. The number of amides is 2. The Morgan fingerprint density at radius 2 is 1.89 bits per heavy atom. The lowest BCUT2D eigenvalue weighted by atomic mass is 10.2. The monoisotopic (exact) mass is 405 g/mol. The molecule has 2 amide bonds. The molecule has 1 atom stereocenters. The molecule has 2 N–H and O–H groups in total. The lowest BCUT2D eigenvalue weighted by Crippen LogP contribution is -2.35. The average Bonchev–Trinajstić information content (AvgIpc) is 2.66. The number of carbonyl (C=O) groups excluding carboxylic acids is 3. The molecule has 2 rings (SSSR count). The topological polar surface area (TPSA) is 128 Å². The zero-order chi connectivity index (χ0) is 20.7. The molecule has 28 heavy (non-hydrogen) atoms. The molecular formula is C18H16ClN3O6. The number of ether oxygens (including phenoxy) is 1. The third-order valence-corrected chi connectivity index (χ3v) is 3.72. The van der Waals surface area contributed by atoms with E-state index < -0.39 is 35.4 Å². The Hall–Kier alpha value is -3.46. The number of hydrogen-bond acceptors (Lipinski definition) is 6. The molecule has 0 spiro atoms. The van der Waals surface area contributed by atoms with Crippen LogP contribution in [0.15, 0.2) is 48.5 Å². The predicted octanol–water partition coefficient (Wildman–Crippen LogP) is 2.55. The minimum atomic E-state index is -1.11. The molecular weight excluding hydrogens is 390 g/mol. The smallest absolute Gasteiger partial charge is 0.326 e. The van der Waals surface area contributed by atoms with Gasteiger partial charge in [-0.2, -0.15) is 0 Å². The van der Waals surface area contributed by atoms with Crippen LogP contribution in [0.4, 0.5) is 11.4 Å². The Morgan fingerprint density at radius 1 is 1.18 bits per heavy atom. The molecule has 0 bridgehead atoms. The summed E-state index contributed by atoms with van der Waals surface area (Å²) in [4.78, 5) is 45.9. The van der Waals surface area contributed by atoms with E-state index in [1.807, 2.05) is 0 Å². The summed E-state index contributed by atoms with van der Waals surface area (Å²) in [6, 6.07) is 11.5. The maximum absolute atomic E-state index is 12.0. The minimum Gasteiger partial charge on any atom is -0.451 e. The number of nitro groups is 1. The van der Waals surface area contributed by atoms with E-state index >= 15 is 0 Å². The van der Waals surface area contributed by atoms with Crippen molar-refractivity contribution in [2.75, 3.05) is 11.9 Å². The molecule has 10 heteroatoms. The molecule has 0 aliphatic heterocycles. The van der Waals surface area contributed by atoms with Gasteiger partial charge in [0, 0.05) is 28.4 Å². The minimum absolute atomic E-state index is 0.0220. The van der Waals surface area contributed by atoms with Gasteiger partial charge in [-0.3, -0.25) is 24.5 Å². The standard InChI is InChI=1S/C18H16ClN3O6/c1-11(17(24)21-14-6-3-5-13(19)9-14)28-16(23)10-20-18(25)12-4-2-7-15(8-12)22(26)27/h2-9,11H,10H2,1H3,(H,20,25)(H,21,24)/t11-/m0/s1. The molecule has 2 aromatic carbocycles. The first-order chi connectivity index (χ1) is 13.3. The fourth-order valence-corrected chi connectivity index (χ4v) is 2.31. The van der Waals surface area contributed by atoms with Crippen molar-refractivity contribution >= 4 is 40.8 Å². The van der Waals surface area contributed by atoms with Crippen molar-refractivity contribution < 1.29 is 24.0 Å². The van der Waals surface area contributed by atoms with Gasteiger partial charge in [0.05, 0.1) is 4.92 Å². The van der Waals surface area contributed by atoms with Crippen LogP contribution in [-0.2, 0) is 14.3 Å². The van der Waals surface area contributed by atoms with E-state index in [0.29, 0.717) is 10.7 Å². The maximum atomic E-state index is 12.0. The molecule has 0 aliphatic rings. The van der Waals surface area contributed by atoms with Gasteiger partial charge in [0.2, 0.25) is 0 Å². The first-order valence-corrected chi connectivity index (χ1v) is 8.42. The molecule has 0 aliphatic carbocycles. The number of hydrogen-bond donors (Lipinski definition) is 2. The number of benzene rings is 2. The fraction of sp³-hybridized carbons (Fsp3) is 0.167. The Labute approximate surface area is 164 Å². The van der Waals surface area contributed by atoms with Gasteiger partial charge in [-0.25, -0.2) is 0 Å². The zero-order valence-electron chi connectivity index (χ0n) is 14.7. The Morgan fingerprint density at radius 3 is 2.57 bits per heavy atom. The number of non-ortho nitro benzene ring substituents is 1. The Bertz CT molecular complexity index is 918. The summed E-state index contributed by atoms with van der Waals surface area (Å²) in [5, 5.41) is 16.0. The number of anilines is 1. The lowest BCUT2D eigenvalue weighted by Gasteiger charge is -2.14. The number of halogens is 1. The van der Waals surface area contributed by atoms with E-state index in [1.165, 1.54) is 31.2 Å². The van der Waals surface area contributed by atoms with E-state index in [-0.39, 0.29) is 11.3 Å². The number of rotatable bonds is 7. The van der Waals surface area contributed by atoms with Crippen LogP contribution in [0.1, 0.15) is 17.3 Å². The van der Waals surface area contributed by atoms with Crippen molar-refractivity contribution in [3.63, 3.8) is 0 Å². The summed E-state index contributed by atoms with van der Waals surface area (Å²) in [6.45, 7) is 0.871. The van der Waals surface area contributed by atoms with Crippen LogP contribution in [0, 0.1) is 10.1 Å². The van der Waals surface area contributed by atoms with Crippen LogP contribution in [-0.4, -0.2) is 35.4 Å². The van der Waals surface area contributed by atoms with Crippen molar-refractivity contribution in [2.24, 2.45) is 0 Å². The van der Waals surface area contributed by atoms with Gasteiger partial charge >= 0.3 is 5.97 Å². The molecule has 0 radical (unpaired) electrons. The normalized spacial score (nSPS) is 11.2. The summed E-state index contributed by atoms with van der Waals surface area (Å²) in [5.41, 5.74) is 0.217. The highest BCUT2D eigenvalue weighted by Gasteiger charge is 2.19. The number of carbonyl (C=O) groups is 3. The van der Waals surface area contributed by atoms with E-state index in [9.17, 15) is 24.5 Å². The zero-order valence-corrected chi connectivity index (χ0v) is 15.4. The molecule has 146 valence electrons. The van der Waals surface area contributed by atoms with Crippen LogP contribution in [0.5, 0.6) is 0 Å². The summed E-state index contributed by atoms with van der Waals surface area (Å²) < 4.78 is 4.96. The number of nitro benzene ring substituents is 1. The molecule has 0 saturated carbocycles. The van der Waals surface area contributed by atoms with Gasteiger partial charge in [0.1, 0.15) is 6.54 Å². The second-order valence-electron chi connectivity index (χ2n) is 5.62. The molecule has 9 nitrogen and oxygen atoms in total. The first kappa shape index (κ1) is 20.8. The van der Waals surface area contributed by atoms with Gasteiger partial charge in [-0.1, -0.05) is 23.7 Å². The summed E-state index contributed by atoms with van der Waals surface area (Å²) in [5.74, 6) is -2.09. The van der Waals surface area contributed by atoms with Crippen LogP contribution < -0.4 is 10.6 Å².